The van der Waals surface area contributed by atoms with Gasteiger partial charge in [0.05, 0.1) is 6.42 Å². The summed E-state index contributed by atoms with van der Waals surface area (Å²) in [7, 11) is 1.29. The summed E-state index contributed by atoms with van der Waals surface area (Å²) < 4.78 is 35.9. The number of aromatic amines is 1. The first-order valence-corrected chi connectivity index (χ1v) is 5.07. The molecule has 5 nitrogen and oxygen atoms in total. The van der Waals surface area contributed by atoms with E-state index in [0.717, 1.165) is 4.90 Å². The topological polar surface area (TPSA) is 61.9 Å². The van der Waals surface area contributed by atoms with Gasteiger partial charge in [-0.1, -0.05) is 6.92 Å². The highest BCUT2D eigenvalue weighted by Gasteiger charge is 2.28. The van der Waals surface area contributed by atoms with Crippen molar-refractivity contribution < 1.29 is 18.0 Å². The number of rotatable bonds is 4. The van der Waals surface area contributed by atoms with Crippen LogP contribution in [0.5, 0.6) is 0 Å². The first-order chi connectivity index (χ1) is 7.83. The molecule has 17 heavy (non-hydrogen) atoms. The molecule has 0 spiro atoms. The third kappa shape index (κ3) is 4.04. The quantitative estimate of drug-likeness (QED) is 0.878. The van der Waals surface area contributed by atoms with Crippen LogP contribution in [-0.4, -0.2) is 45.8 Å². The lowest BCUT2D eigenvalue weighted by atomic mass is 10.3. The van der Waals surface area contributed by atoms with Crippen LogP contribution in [-0.2, 0) is 6.42 Å². The summed E-state index contributed by atoms with van der Waals surface area (Å²) in [6.07, 6.45) is -4.74. The number of H-pyrrole nitrogens is 1. The van der Waals surface area contributed by atoms with Gasteiger partial charge in [0.2, 0.25) is 5.82 Å². The van der Waals surface area contributed by atoms with Crippen molar-refractivity contribution in [3.8, 4) is 0 Å². The Balaban J connectivity index is 2.57. The highest BCUT2D eigenvalue weighted by atomic mass is 19.4. The molecule has 0 unspecified atom stereocenters. The Morgan fingerprint density at radius 3 is 2.59 bits per heavy atom. The summed E-state index contributed by atoms with van der Waals surface area (Å²) in [5, 5.41) is 6.18. The van der Waals surface area contributed by atoms with Crippen molar-refractivity contribution in [3.63, 3.8) is 0 Å². The largest absolute Gasteiger partial charge is 0.390 e. The molecule has 1 N–H and O–H groups in total. The van der Waals surface area contributed by atoms with Crippen molar-refractivity contribution in [2.75, 3.05) is 13.6 Å². The van der Waals surface area contributed by atoms with Crippen LogP contribution in [0.15, 0.2) is 0 Å². The zero-order chi connectivity index (χ0) is 13.1. The van der Waals surface area contributed by atoms with Crippen LogP contribution in [0.4, 0.5) is 13.2 Å². The van der Waals surface area contributed by atoms with Crippen LogP contribution < -0.4 is 0 Å². The van der Waals surface area contributed by atoms with E-state index in [1.807, 2.05) is 6.92 Å². The minimum absolute atomic E-state index is 0.105. The van der Waals surface area contributed by atoms with Crippen LogP contribution in [0.25, 0.3) is 0 Å². The van der Waals surface area contributed by atoms with Gasteiger partial charge in [-0.05, 0) is 0 Å². The average molecular weight is 250 g/mol. The van der Waals surface area contributed by atoms with Gasteiger partial charge in [-0.3, -0.25) is 9.89 Å². The number of aromatic nitrogens is 3. The number of alkyl halides is 3. The number of nitrogens with zero attached hydrogens (tertiary/aromatic N) is 3. The van der Waals surface area contributed by atoms with Gasteiger partial charge >= 0.3 is 6.18 Å². The molecular formula is C9H13F3N4O. The molecule has 0 aliphatic carbocycles. The highest BCUT2D eigenvalue weighted by molar-refractivity contribution is 5.90. The molecule has 96 valence electrons. The molecule has 0 aliphatic rings. The van der Waals surface area contributed by atoms with Gasteiger partial charge in [-0.2, -0.15) is 13.2 Å². The van der Waals surface area contributed by atoms with E-state index in [1.54, 1.807) is 0 Å². The molecule has 0 bridgehead atoms. The zero-order valence-corrected chi connectivity index (χ0v) is 9.51. The third-order valence-electron chi connectivity index (χ3n) is 2.14. The van der Waals surface area contributed by atoms with Crippen LogP contribution in [0.2, 0.25) is 0 Å². The molecule has 1 aromatic heterocycles. The fraction of sp³-hybridized carbons (Fsp3) is 0.667. The molecule has 0 aliphatic heterocycles. The van der Waals surface area contributed by atoms with Gasteiger partial charge in [0.1, 0.15) is 5.82 Å². The van der Waals surface area contributed by atoms with Gasteiger partial charge in [-0.15, -0.1) is 5.10 Å². The summed E-state index contributed by atoms with van der Waals surface area (Å²) in [4.78, 5) is 16.4. The second-order valence-electron chi connectivity index (χ2n) is 3.55. The number of halogens is 3. The van der Waals surface area contributed by atoms with E-state index in [2.05, 4.69) is 15.2 Å². The maximum absolute atomic E-state index is 12.0. The van der Waals surface area contributed by atoms with Crippen LogP contribution in [0.1, 0.15) is 29.8 Å². The van der Waals surface area contributed by atoms with Crippen molar-refractivity contribution in [2.24, 2.45) is 0 Å². The van der Waals surface area contributed by atoms with E-state index in [1.165, 1.54) is 7.05 Å². The first-order valence-electron chi connectivity index (χ1n) is 5.07. The summed E-state index contributed by atoms with van der Waals surface area (Å²) in [6.45, 7) is 1.42. The number of carbonyl (C=O) groups excluding carboxylic acids is 1. The smallest absolute Gasteiger partial charge is 0.339 e. The van der Waals surface area contributed by atoms with Crippen molar-refractivity contribution in [2.45, 2.75) is 25.9 Å². The number of aryl methyl sites for hydroxylation is 1. The summed E-state index contributed by atoms with van der Waals surface area (Å²) in [5.74, 6) is -0.200. The SMILES string of the molecule is CCc1nc(C(=O)N(C)CCC(F)(F)F)n[nH]1. The number of amides is 1. The van der Waals surface area contributed by atoms with Crippen molar-refractivity contribution in [3.05, 3.63) is 11.6 Å². The maximum Gasteiger partial charge on any atom is 0.390 e. The number of nitrogens with one attached hydrogen (secondary N) is 1. The third-order valence-corrected chi connectivity index (χ3v) is 2.14. The van der Waals surface area contributed by atoms with E-state index in [9.17, 15) is 18.0 Å². The molecule has 0 aromatic carbocycles. The lowest BCUT2D eigenvalue weighted by molar-refractivity contribution is -0.136. The molecule has 0 radical (unpaired) electrons. The Labute approximate surface area is 96.0 Å². The van der Waals surface area contributed by atoms with Gasteiger partial charge in [0.25, 0.3) is 5.91 Å². The van der Waals surface area contributed by atoms with E-state index in [4.69, 9.17) is 0 Å². The molecule has 8 heteroatoms. The highest BCUT2D eigenvalue weighted by Crippen LogP contribution is 2.19. The number of hydrogen-bond acceptors (Lipinski definition) is 3. The van der Waals surface area contributed by atoms with Gasteiger partial charge in [0, 0.05) is 20.0 Å². The summed E-state index contributed by atoms with van der Waals surface area (Å²) >= 11 is 0. The lowest BCUT2D eigenvalue weighted by Gasteiger charge is -2.16. The summed E-state index contributed by atoms with van der Waals surface area (Å²) in [5.41, 5.74) is 0. The second kappa shape index (κ2) is 5.15. The standard InChI is InChI=1S/C9H13F3N4O/c1-3-6-13-7(15-14-6)8(17)16(2)5-4-9(10,11)12/h3-5H2,1-2H3,(H,13,14,15). The zero-order valence-electron chi connectivity index (χ0n) is 9.51. The monoisotopic (exact) mass is 250 g/mol. The van der Waals surface area contributed by atoms with E-state index in [-0.39, 0.29) is 5.82 Å². The van der Waals surface area contributed by atoms with Crippen LogP contribution in [0.3, 0.4) is 0 Å². The van der Waals surface area contributed by atoms with E-state index >= 15 is 0 Å². The normalized spacial score (nSPS) is 11.6. The molecule has 1 rings (SSSR count). The minimum Gasteiger partial charge on any atom is -0.339 e. The van der Waals surface area contributed by atoms with Crippen LogP contribution >= 0.6 is 0 Å². The Morgan fingerprint density at radius 2 is 2.12 bits per heavy atom. The molecule has 0 saturated carbocycles. The Kier molecular flexibility index (Phi) is 4.08. The predicted molar refractivity (Wildman–Crippen MR) is 53.4 cm³/mol. The fourth-order valence-electron chi connectivity index (χ4n) is 1.12. The van der Waals surface area contributed by atoms with E-state index in [0.29, 0.717) is 12.2 Å². The molecule has 0 fully saturated rings. The molecule has 1 heterocycles. The van der Waals surface area contributed by atoms with Crippen LogP contribution in [0, 0.1) is 0 Å². The average Bonchev–Trinajstić information content (AvgIpc) is 2.72. The molecule has 1 aromatic rings. The maximum atomic E-state index is 12.0. The predicted octanol–water partition coefficient (Wildman–Crippen LogP) is 1.39. The van der Waals surface area contributed by atoms with Crippen molar-refractivity contribution >= 4 is 5.91 Å². The summed E-state index contributed by atoms with van der Waals surface area (Å²) in [6, 6.07) is 0. The number of carbonyl (C=O) groups is 1. The van der Waals surface area contributed by atoms with E-state index < -0.39 is 25.0 Å². The Bertz CT molecular complexity index is 388. The van der Waals surface area contributed by atoms with Gasteiger partial charge in [-0.25, -0.2) is 4.98 Å². The Morgan fingerprint density at radius 1 is 1.47 bits per heavy atom. The molecule has 1 amide bonds. The minimum atomic E-state index is -4.28. The number of hydrogen-bond donors (Lipinski definition) is 1. The molecular weight excluding hydrogens is 237 g/mol. The van der Waals surface area contributed by atoms with Gasteiger partial charge < -0.3 is 4.90 Å². The molecule has 0 atom stereocenters. The Hall–Kier alpha value is -1.60. The van der Waals surface area contributed by atoms with Crippen molar-refractivity contribution in [1.29, 1.82) is 0 Å². The lowest BCUT2D eigenvalue weighted by Crippen LogP contribution is -2.31. The molecule has 0 saturated heterocycles. The fourth-order valence-corrected chi connectivity index (χ4v) is 1.12. The van der Waals surface area contributed by atoms with Crippen molar-refractivity contribution in [1.82, 2.24) is 20.1 Å². The first kappa shape index (κ1) is 13.5. The van der Waals surface area contributed by atoms with Gasteiger partial charge in [0.15, 0.2) is 0 Å². The second-order valence-corrected chi connectivity index (χ2v) is 3.55.